The molecular weight excluding hydrogens is 410 g/mol. The molecule has 1 amide bonds. The van der Waals surface area contributed by atoms with Crippen molar-refractivity contribution >= 4 is 33.5 Å². The zero-order valence-corrected chi connectivity index (χ0v) is 17.3. The van der Waals surface area contributed by atoms with E-state index in [9.17, 15) is 9.59 Å². The Bertz CT molecular complexity index is 805. The fourth-order valence-corrected chi connectivity index (χ4v) is 3.01. The third kappa shape index (κ3) is 6.10. The highest BCUT2D eigenvalue weighted by Crippen LogP contribution is 2.29. The van der Waals surface area contributed by atoms with Crippen LogP contribution in [0.3, 0.4) is 0 Å². The summed E-state index contributed by atoms with van der Waals surface area (Å²) in [4.78, 5) is 23.9. The van der Waals surface area contributed by atoms with Crippen molar-refractivity contribution in [2.24, 2.45) is 0 Å². The number of hydrogen-bond donors (Lipinski definition) is 1. The lowest BCUT2D eigenvalue weighted by Crippen LogP contribution is -2.16. The van der Waals surface area contributed by atoms with Gasteiger partial charge in [0.1, 0.15) is 5.75 Å². The summed E-state index contributed by atoms with van der Waals surface area (Å²) in [5.41, 5.74) is 2.01. The average molecular weight is 434 g/mol. The van der Waals surface area contributed by atoms with Gasteiger partial charge in [-0.05, 0) is 58.1 Å². The quantitative estimate of drug-likeness (QED) is 0.461. The van der Waals surface area contributed by atoms with Crippen LogP contribution in [0.4, 0.5) is 5.69 Å². The van der Waals surface area contributed by atoms with Crippen LogP contribution in [0.1, 0.15) is 48.5 Å². The van der Waals surface area contributed by atoms with Crippen molar-refractivity contribution in [1.29, 1.82) is 0 Å². The maximum atomic E-state index is 12.1. The van der Waals surface area contributed by atoms with Gasteiger partial charge in [-0.3, -0.25) is 4.79 Å². The van der Waals surface area contributed by atoms with Crippen molar-refractivity contribution < 1.29 is 19.1 Å². The molecule has 5 nitrogen and oxygen atoms in total. The summed E-state index contributed by atoms with van der Waals surface area (Å²) in [6.07, 6.45) is 0.849. The minimum Gasteiger partial charge on any atom is -0.492 e. The summed E-state index contributed by atoms with van der Waals surface area (Å²) in [5, 5.41) is 2.75. The van der Waals surface area contributed by atoms with Crippen molar-refractivity contribution in [1.82, 2.24) is 0 Å². The van der Waals surface area contributed by atoms with Crippen molar-refractivity contribution in [3.8, 4) is 5.75 Å². The van der Waals surface area contributed by atoms with Gasteiger partial charge in [-0.25, -0.2) is 4.79 Å². The summed E-state index contributed by atoms with van der Waals surface area (Å²) in [6.45, 7) is 4.70. The van der Waals surface area contributed by atoms with Crippen molar-refractivity contribution in [2.75, 3.05) is 19.0 Å². The van der Waals surface area contributed by atoms with Crippen LogP contribution >= 0.6 is 15.9 Å². The Labute approximate surface area is 168 Å². The Morgan fingerprint density at radius 2 is 1.89 bits per heavy atom. The highest BCUT2D eigenvalue weighted by molar-refractivity contribution is 9.10. The van der Waals surface area contributed by atoms with E-state index in [4.69, 9.17) is 9.47 Å². The summed E-state index contributed by atoms with van der Waals surface area (Å²) in [6, 6.07) is 12.8. The second-order valence-electron chi connectivity index (χ2n) is 6.38. The number of para-hydroxylation sites is 1. The van der Waals surface area contributed by atoms with Gasteiger partial charge in [0.25, 0.3) is 0 Å². The monoisotopic (exact) mass is 433 g/mol. The lowest BCUT2D eigenvalue weighted by Gasteiger charge is -2.12. The minimum absolute atomic E-state index is 0.177. The van der Waals surface area contributed by atoms with Crippen LogP contribution in [-0.4, -0.2) is 25.6 Å². The summed E-state index contributed by atoms with van der Waals surface area (Å²) >= 11 is 3.52. The molecule has 0 aliphatic heterocycles. The standard InChI is InChI=1S/C21H24BrNO4/c1-14(2)15-10-11-19(17(22)13-15)27-12-6-9-20(24)23-18-8-5-4-7-16(18)21(25)26-3/h4-5,7-8,10-11,13-14H,6,9,12H2,1-3H3,(H,23,24). The molecule has 0 fully saturated rings. The number of nitrogens with one attached hydrogen (secondary N) is 1. The number of halogens is 1. The number of anilines is 1. The van der Waals surface area contributed by atoms with Gasteiger partial charge in [-0.1, -0.05) is 32.0 Å². The molecule has 0 heterocycles. The maximum absolute atomic E-state index is 12.1. The van der Waals surface area contributed by atoms with Crippen molar-refractivity contribution in [3.63, 3.8) is 0 Å². The molecule has 2 aromatic carbocycles. The highest BCUT2D eigenvalue weighted by atomic mass is 79.9. The Hall–Kier alpha value is -2.34. The van der Waals surface area contributed by atoms with E-state index in [1.165, 1.54) is 12.7 Å². The number of ether oxygens (including phenoxy) is 2. The van der Waals surface area contributed by atoms with Crippen LogP contribution < -0.4 is 10.1 Å². The number of carbonyl (C=O) groups excluding carboxylic acids is 2. The Morgan fingerprint density at radius 3 is 2.56 bits per heavy atom. The molecule has 0 bridgehead atoms. The van der Waals surface area contributed by atoms with E-state index in [-0.39, 0.29) is 12.3 Å². The van der Waals surface area contributed by atoms with E-state index in [1.807, 2.05) is 12.1 Å². The average Bonchev–Trinajstić information content (AvgIpc) is 2.65. The van der Waals surface area contributed by atoms with Gasteiger partial charge in [-0.2, -0.15) is 0 Å². The molecule has 0 aromatic heterocycles. The van der Waals surface area contributed by atoms with Gasteiger partial charge in [0.15, 0.2) is 0 Å². The van der Waals surface area contributed by atoms with Crippen molar-refractivity contribution in [3.05, 3.63) is 58.1 Å². The zero-order valence-electron chi connectivity index (χ0n) is 15.8. The molecule has 1 N–H and O–H groups in total. The highest BCUT2D eigenvalue weighted by Gasteiger charge is 2.13. The zero-order chi connectivity index (χ0) is 19.8. The van der Waals surface area contributed by atoms with Gasteiger partial charge in [0.2, 0.25) is 5.91 Å². The fourth-order valence-electron chi connectivity index (χ4n) is 2.50. The fraction of sp³-hybridized carbons (Fsp3) is 0.333. The van der Waals surface area contributed by atoms with Gasteiger partial charge >= 0.3 is 5.97 Å². The Balaban J connectivity index is 1.83. The van der Waals surface area contributed by atoms with E-state index in [0.29, 0.717) is 30.2 Å². The number of esters is 1. The first-order chi connectivity index (χ1) is 12.9. The number of methoxy groups -OCH3 is 1. The number of hydrogen-bond acceptors (Lipinski definition) is 4. The van der Waals surface area contributed by atoms with E-state index in [0.717, 1.165) is 10.2 Å². The topological polar surface area (TPSA) is 64.6 Å². The molecule has 0 aliphatic carbocycles. The third-order valence-electron chi connectivity index (χ3n) is 4.03. The van der Waals surface area contributed by atoms with Crippen molar-refractivity contribution in [2.45, 2.75) is 32.6 Å². The first kappa shape index (κ1) is 21.0. The molecule has 144 valence electrons. The van der Waals surface area contributed by atoms with Gasteiger partial charge in [0, 0.05) is 6.42 Å². The molecule has 6 heteroatoms. The van der Waals surface area contributed by atoms with Crippen LogP contribution in [0.25, 0.3) is 0 Å². The SMILES string of the molecule is COC(=O)c1ccccc1NC(=O)CCCOc1ccc(C(C)C)cc1Br. The lowest BCUT2D eigenvalue weighted by atomic mass is 10.0. The van der Waals surface area contributed by atoms with E-state index in [1.54, 1.807) is 24.3 Å². The largest absolute Gasteiger partial charge is 0.492 e. The molecular formula is C21H24BrNO4. The summed E-state index contributed by atoms with van der Waals surface area (Å²) < 4.78 is 11.4. The normalized spacial score (nSPS) is 10.6. The number of amides is 1. The first-order valence-corrected chi connectivity index (χ1v) is 9.61. The van der Waals surface area contributed by atoms with E-state index >= 15 is 0 Å². The molecule has 0 aliphatic rings. The maximum Gasteiger partial charge on any atom is 0.339 e. The molecule has 0 spiro atoms. The smallest absolute Gasteiger partial charge is 0.339 e. The molecule has 27 heavy (non-hydrogen) atoms. The second-order valence-corrected chi connectivity index (χ2v) is 7.24. The van der Waals surface area contributed by atoms with Crippen LogP contribution in [0.15, 0.2) is 46.9 Å². The van der Waals surface area contributed by atoms with Crippen LogP contribution in [-0.2, 0) is 9.53 Å². The van der Waals surface area contributed by atoms with Gasteiger partial charge in [-0.15, -0.1) is 0 Å². The number of rotatable bonds is 8. The number of benzene rings is 2. The molecule has 2 rings (SSSR count). The molecule has 0 saturated carbocycles. The molecule has 0 saturated heterocycles. The third-order valence-corrected chi connectivity index (χ3v) is 4.65. The lowest BCUT2D eigenvalue weighted by molar-refractivity contribution is -0.116. The van der Waals surface area contributed by atoms with Crippen LogP contribution in [0.5, 0.6) is 5.75 Å². The van der Waals surface area contributed by atoms with E-state index < -0.39 is 5.97 Å². The van der Waals surface area contributed by atoms with Crippen LogP contribution in [0.2, 0.25) is 0 Å². The molecule has 0 unspecified atom stereocenters. The molecule has 0 radical (unpaired) electrons. The van der Waals surface area contributed by atoms with Gasteiger partial charge < -0.3 is 14.8 Å². The first-order valence-electron chi connectivity index (χ1n) is 8.81. The predicted molar refractivity (Wildman–Crippen MR) is 109 cm³/mol. The predicted octanol–water partition coefficient (Wildman–Crippen LogP) is 5.16. The molecule has 2 aromatic rings. The van der Waals surface area contributed by atoms with Gasteiger partial charge in [0.05, 0.1) is 29.4 Å². The summed E-state index contributed by atoms with van der Waals surface area (Å²) in [5.74, 6) is 0.552. The molecule has 0 atom stereocenters. The Morgan fingerprint density at radius 1 is 1.15 bits per heavy atom. The van der Waals surface area contributed by atoms with E-state index in [2.05, 4.69) is 41.2 Å². The Kier molecular flexibility index (Phi) is 7.85. The van der Waals surface area contributed by atoms with Crippen LogP contribution in [0, 0.1) is 0 Å². The minimum atomic E-state index is -0.482. The number of carbonyl (C=O) groups is 2. The summed E-state index contributed by atoms with van der Waals surface area (Å²) in [7, 11) is 1.31. The second kappa shape index (κ2) is 10.1.